The van der Waals surface area contributed by atoms with Gasteiger partial charge in [-0.1, -0.05) is 27.2 Å². The molecular formula is C26H40FN5O7. The van der Waals surface area contributed by atoms with E-state index in [1.54, 1.807) is 0 Å². The molecule has 0 radical (unpaired) electrons. The summed E-state index contributed by atoms with van der Waals surface area (Å²) in [6.45, 7) is 8.40. The zero-order valence-electron chi connectivity index (χ0n) is 23.0. The lowest BCUT2D eigenvalue weighted by Gasteiger charge is -2.37. The Bertz CT molecular complexity index is 1130. The maximum Gasteiger partial charge on any atom is 0.323 e. The number of aliphatic hydroxyl groups excluding tert-OH is 1. The monoisotopic (exact) mass is 553 g/mol. The van der Waals surface area contributed by atoms with Crippen molar-refractivity contribution in [3.8, 4) is 11.9 Å². The molecule has 0 aromatic carbocycles. The summed E-state index contributed by atoms with van der Waals surface area (Å²) in [6.07, 6.45) is 5.66. The molecule has 4 aliphatic heterocycles. The average Bonchev–Trinajstić information content (AvgIpc) is 3.42. The minimum Gasteiger partial charge on any atom is -0.475 e. The lowest BCUT2D eigenvalue weighted by atomic mass is 10.0. The zero-order chi connectivity index (χ0) is 28.3. The highest BCUT2D eigenvalue weighted by atomic mass is 19.1. The second-order valence-corrected chi connectivity index (χ2v) is 10.0. The fraction of sp³-hybridized carbons (Fsp3) is 0.731. The van der Waals surface area contributed by atoms with E-state index in [2.05, 4.69) is 31.5 Å². The zero-order valence-corrected chi connectivity index (χ0v) is 23.0. The molecule has 218 valence electrons. The number of fused-ring (bicyclic) bond motifs is 3. The summed E-state index contributed by atoms with van der Waals surface area (Å²) >= 11 is 0. The number of aryl methyl sites for hydroxylation is 1. The van der Waals surface area contributed by atoms with Gasteiger partial charge in [0, 0.05) is 19.0 Å². The molecule has 39 heavy (non-hydrogen) atoms. The van der Waals surface area contributed by atoms with Crippen molar-refractivity contribution in [2.24, 2.45) is 5.92 Å². The van der Waals surface area contributed by atoms with Crippen LogP contribution < -0.4 is 14.4 Å². The number of nitrogens with zero attached hydrogens (tertiary/aromatic N) is 5. The Morgan fingerprint density at radius 1 is 1.15 bits per heavy atom. The number of hydrogen-bond donors (Lipinski definition) is 4. The van der Waals surface area contributed by atoms with Crippen LogP contribution in [0.15, 0.2) is 0 Å². The Labute approximate surface area is 227 Å². The number of halogens is 1. The standard InChI is InChI=1S/C15H17FN4O7.C9H17N.C2H6/c1-6-9(16)10-8-11(19-13(18-10)27-14(21)22)20-7(5-26-12(8)17-6)4-25-3-2-15(20,23)24;1-2-8-6-9-4-3-5-10(9)7-8;1-2/h7,14,21-24H,2-5H2,1H3;8-9H,2-7H2,1H3;1-2H3. The van der Waals surface area contributed by atoms with Crippen molar-refractivity contribution in [2.45, 2.75) is 84.3 Å². The number of anilines is 1. The van der Waals surface area contributed by atoms with Gasteiger partial charge in [-0.3, -0.25) is 4.90 Å². The normalized spacial score (nSPS) is 25.4. The third kappa shape index (κ3) is 6.18. The quantitative estimate of drug-likeness (QED) is 0.409. The Kier molecular flexibility index (Phi) is 9.40. The van der Waals surface area contributed by atoms with Gasteiger partial charge in [0.1, 0.15) is 17.5 Å². The van der Waals surface area contributed by atoms with Crippen molar-refractivity contribution in [2.75, 3.05) is 37.8 Å². The first-order valence-corrected chi connectivity index (χ1v) is 13.8. The van der Waals surface area contributed by atoms with E-state index in [1.165, 1.54) is 45.7 Å². The Balaban J connectivity index is 0.000000244. The number of hydrogen-bond acceptors (Lipinski definition) is 12. The minimum atomic E-state index is -2.39. The van der Waals surface area contributed by atoms with Gasteiger partial charge in [-0.2, -0.15) is 9.97 Å². The van der Waals surface area contributed by atoms with Gasteiger partial charge >= 0.3 is 12.5 Å². The molecule has 0 aliphatic carbocycles. The summed E-state index contributed by atoms with van der Waals surface area (Å²) < 4.78 is 30.4. The summed E-state index contributed by atoms with van der Waals surface area (Å²) in [5.74, 6) is -2.27. The van der Waals surface area contributed by atoms with E-state index in [-0.39, 0.29) is 54.5 Å². The van der Waals surface area contributed by atoms with E-state index in [9.17, 15) is 14.6 Å². The summed E-state index contributed by atoms with van der Waals surface area (Å²) in [7, 11) is 0. The van der Waals surface area contributed by atoms with Gasteiger partial charge in [0.05, 0.1) is 24.9 Å². The number of aliphatic hydroxyl groups is 4. The van der Waals surface area contributed by atoms with Crippen molar-refractivity contribution in [3.63, 3.8) is 0 Å². The molecule has 6 heterocycles. The molecule has 0 saturated carbocycles. The van der Waals surface area contributed by atoms with Crippen molar-refractivity contribution < 1.29 is 39.0 Å². The van der Waals surface area contributed by atoms with Crippen molar-refractivity contribution in [1.82, 2.24) is 19.9 Å². The highest BCUT2D eigenvalue weighted by Gasteiger charge is 2.44. The lowest BCUT2D eigenvalue weighted by Crippen LogP contribution is -2.56. The molecule has 3 unspecified atom stereocenters. The Morgan fingerprint density at radius 2 is 1.92 bits per heavy atom. The van der Waals surface area contributed by atoms with Crippen LogP contribution in [-0.2, 0) is 4.74 Å². The van der Waals surface area contributed by atoms with Crippen molar-refractivity contribution >= 4 is 16.7 Å². The molecule has 0 spiro atoms. The lowest BCUT2D eigenvalue weighted by molar-refractivity contribution is -0.183. The molecule has 6 rings (SSSR count). The first-order valence-electron chi connectivity index (χ1n) is 13.8. The number of rotatable bonds is 3. The molecule has 4 aliphatic rings. The highest BCUT2D eigenvalue weighted by Crippen LogP contribution is 2.41. The molecule has 13 heteroatoms. The van der Waals surface area contributed by atoms with Gasteiger partial charge in [0.25, 0.3) is 5.91 Å². The maximum atomic E-state index is 14.7. The largest absolute Gasteiger partial charge is 0.475 e. The summed E-state index contributed by atoms with van der Waals surface area (Å²) in [5, 5.41) is 39.3. The van der Waals surface area contributed by atoms with Crippen LogP contribution >= 0.6 is 0 Å². The van der Waals surface area contributed by atoms with E-state index in [0.717, 1.165) is 16.9 Å². The molecule has 0 bridgehead atoms. The van der Waals surface area contributed by atoms with Gasteiger partial charge in [0.15, 0.2) is 11.6 Å². The number of aromatic nitrogens is 3. The molecule has 3 saturated heterocycles. The van der Waals surface area contributed by atoms with Crippen LogP contribution in [0.4, 0.5) is 10.2 Å². The third-order valence-electron chi connectivity index (χ3n) is 7.55. The van der Waals surface area contributed by atoms with Crippen LogP contribution in [0, 0.1) is 18.7 Å². The predicted octanol–water partition coefficient (Wildman–Crippen LogP) is 1.65. The molecule has 2 aromatic rings. The molecule has 0 amide bonds. The van der Waals surface area contributed by atoms with Crippen molar-refractivity contribution in [1.29, 1.82) is 0 Å². The van der Waals surface area contributed by atoms with Crippen molar-refractivity contribution in [3.05, 3.63) is 11.5 Å². The van der Waals surface area contributed by atoms with Crippen LogP contribution in [0.5, 0.6) is 11.9 Å². The van der Waals surface area contributed by atoms with Gasteiger partial charge in [-0.25, -0.2) is 9.37 Å². The van der Waals surface area contributed by atoms with Crippen LogP contribution in [0.1, 0.15) is 58.6 Å². The van der Waals surface area contributed by atoms with Crippen LogP contribution in [0.2, 0.25) is 0 Å². The summed E-state index contributed by atoms with van der Waals surface area (Å²) in [5.41, 5.74) is -0.273. The Morgan fingerprint density at radius 3 is 2.62 bits per heavy atom. The number of pyridine rings is 1. The van der Waals surface area contributed by atoms with Gasteiger partial charge in [-0.15, -0.1) is 0 Å². The average molecular weight is 554 g/mol. The molecule has 2 aromatic heterocycles. The third-order valence-corrected chi connectivity index (χ3v) is 7.55. The topological polar surface area (TPSA) is 154 Å². The predicted molar refractivity (Wildman–Crippen MR) is 140 cm³/mol. The SMILES string of the molecule is CC.CCC1CC2CCCN2C1.Cc1nc2c3c(nc(OC(O)O)nc3c1F)N1C(COCCC1(O)O)CO2. The molecule has 3 fully saturated rings. The molecule has 3 atom stereocenters. The highest BCUT2D eigenvalue weighted by molar-refractivity contribution is 5.95. The fourth-order valence-corrected chi connectivity index (χ4v) is 5.68. The van der Waals surface area contributed by atoms with Crippen LogP contribution in [0.25, 0.3) is 10.9 Å². The van der Waals surface area contributed by atoms with Gasteiger partial charge < -0.3 is 39.5 Å². The van der Waals surface area contributed by atoms with Gasteiger partial charge in [-0.05, 0) is 38.6 Å². The van der Waals surface area contributed by atoms with E-state index in [0.29, 0.717) is 0 Å². The van der Waals surface area contributed by atoms with E-state index in [1.807, 2.05) is 13.8 Å². The first kappa shape index (κ1) is 29.6. The summed E-state index contributed by atoms with van der Waals surface area (Å²) in [6, 6.07) is -0.264. The minimum absolute atomic E-state index is 0.00903. The van der Waals surface area contributed by atoms with Crippen LogP contribution in [-0.4, -0.2) is 97.7 Å². The molecular weight excluding hydrogens is 513 g/mol. The van der Waals surface area contributed by atoms with E-state index < -0.39 is 30.3 Å². The number of ether oxygens (including phenoxy) is 3. The fourth-order valence-electron chi connectivity index (χ4n) is 5.68. The summed E-state index contributed by atoms with van der Waals surface area (Å²) in [4.78, 5) is 15.8. The smallest absolute Gasteiger partial charge is 0.323 e. The molecule has 4 N–H and O–H groups in total. The maximum absolute atomic E-state index is 14.7. The second-order valence-electron chi connectivity index (χ2n) is 10.0. The van der Waals surface area contributed by atoms with E-state index >= 15 is 0 Å². The van der Waals surface area contributed by atoms with Gasteiger partial charge in [0.2, 0.25) is 5.88 Å². The molecule has 12 nitrogen and oxygen atoms in total. The first-order chi connectivity index (χ1) is 18.7. The Hall–Kier alpha value is -2.42. The van der Waals surface area contributed by atoms with Crippen LogP contribution in [0.3, 0.4) is 0 Å². The second kappa shape index (κ2) is 12.4. The van der Waals surface area contributed by atoms with E-state index in [4.69, 9.17) is 19.7 Å².